The lowest BCUT2D eigenvalue weighted by Crippen LogP contribution is -2.66. The van der Waals surface area contributed by atoms with E-state index in [1.54, 1.807) is 21.3 Å². The van der Waals surface area contributed by atoms with Gasteiger partial charge in [0.2, 0.25) is 17.7 Å². The van der Waals surface area contributed by atoms with Crippen molar-refractivity contribution in [3.8, 4) is 23.3 Å². The van der Waals surface area contributed by atoms with Gasteiger partial charge in [-0.1, -0.05) is 42.8 Å². The van der Waals surface area contributed by atoms with Gasteiger partial charge in [0.1, 0.15) is 41.6 Å². The van der Waals surface area contributed by atoms with Crippen LogP contribution in [-0.4, -0.2) is 162 Å². The second-order valence-electron chi connectivity index (χ2n) is 22.1. The van der Waals surface area contributed by atoms with Crippen molar-refractivity contribution in [3.05, 3.63) is 89.5 Å². The molecule has 0 aliphatic carbocycles. The molecule has 474 valence electrons. The summed E-state index contributed by atoms with van der Waals surface area (Å²) >= 11 is 0. The summed E-state index contributed by atoms with van der Waals surface area (Å²) in [5.41, 5.74) is 0.848. The van der Waals surface area contributed by atoms with E-state index in [2.05, 4.69) is 49.1 Å². The predicted octanol–water partition coefficient (Wildman–Crippen LogP) is 8.44. The topological polar surface area (TPSA) is 258 Å². The second kappa shape index (κ2) is 35.4. The van der Waals surface area contributed by atoms with Crippen LogP contribution in [0.4, 0.5) is 0 Å². The van der Waals surface area contributed by atoms with Gasteiger partial charge in [0.15, 0.2) is 18.5 Å². The third-order valence-electron chi connectivity index (χ3n) is 14.9. The monoisotopic (exact) mass is 1220 g/mol. The Labute approximate surface area is 508 Å². The zero-order chi connectivity index (χ0) is 62.8. The minimum atomic E-state index is -1.60. The number of piperidine rings is 1. The number of likely N-dealkylation sites (tertiary alicyclic amines) is 1. The third-order valence-corrected chi connectivity index (χ3v) is 17.0. The Morgan fingerprint density at radius 2 is 1.23 bits per heavy atom. The highest BCUT2D eigenvalue weighted by Gasteiger charge is 2.51. The van der Waals surface area contributed by atoms with Gasteiger partial charge in [-0.3, -0.25) is 28.8 Å². The summed E-state index contributed by atoms with van der Waals surface area (Å²) in [6.45, 7) is 15.1. The Balaban J connectivity index is 1.21. The quantitative estimate of drug-likeness (QED) is 0.0184. The molecule has 0 bridgehead atoms. The first-order valence-corrected chi connectivity index (χ1v) is 30.7. The zero-order valence-corrected chi connectivity index (χ0v) is 52.8. The number of nitriles is 1. The fraction of sp³-hybridized carbons (Fsp3) is 0.603. The lowest BCUT2D eigenvalue weighted by atomic mass is 9.77. The molecule has 23 heteroatoms. The van der Waals surface area contributed by atoms with Crippen LogP contribution in [0, 0.1) is 16.7 Å². The first-order chi connectivity index (χ1) is 41.2. The van der Waals surface area contributed by atoms with Crippen LogP contribution in [0.3, 0.4) is 0 Å². The number of esters is 3. The smallest absolute Gasteiger partial charge is 0.303 e. The number of amides is 3. The molecule has 3 amide bonds. The number of unbranched alkanes of at least 4 members (excludes halogenated alkanes) is 3. The van der Waals surface area contributed by atoms with E-state index in [1.807, 2.05) is 77.7 Å². The molecule has 2 fully saturated rings. The number of carbonyl (C=O) groups excluding carboxylic acids is 6. The number of nitrogens with one attached hydrogen (secondary N) is 2. The van der Waals surface area contributed by atoms with Gasteiger partial charge in [0.25, 0.3) is 8.53 Å². The highest BCUT2D eigenvalue weighted by Crippen LogP contribution is 2.50. The second-order valence-corrected chi connectivity index (χ2v) is 23.5. The van der Waals surface area contributed by atoms with Crippen LogP contribution in [0.1, 0.15) is 136 Å². The van der Waals surface area contributed by atoms with Gasteiger partial charge >= 0.3 is 17.9 Å². The Hall–Kier alpha value is -6.44. The molecule has 1 unspecified atom stereocenters. The van der Waals surface area contributed by atoms with Gasteiger partial charge < -0.3 is 67.2 Å². The maximum Gasteiger partial charge on any atom is 0.303 e. The highest BCUT2D eigenvalue weighted by molar-refractivity contribution is 7.44. The first kappa shape index (κ1) is 70.3. The summed E-state index contributed by atoms with van der Waals surface area (Å²) in [7, 11) is 3.30. The van der Waals surface area contributed by atoms with Crippen molar-refractivity contribution in [1.29, 1.82) is 5.26 Å². The lowest BCUT2D eigenvalue weighted by Gasteiger charge is -2.46. The molecule has 2 aliphatic heterocycles. The minimum Gasteiger partial charge on any atom is -0.497 e. The van der Waals surface area contributed by atoms with Crippen LogP contribution in [0.2, 0.25) is 0 Å². The average Bonchev–Trinajstić information content (AvgIpc) is 0.817. The normalized spacial score (nSPS) is 18.8. The summed E-state index contributed by atoms with van der Waals surface area (Å²) < 4.78 is 68.1. The Kier molecular flexibility index (Phi) is 28.9. The number of hydrogen-bond donors (Lipinski definition) is 2. The van der Waals surface area contributed by atoms with Crippen LogP contribution in [0.25, 0.3) is 0 Å². The SMILES string of the molecule is COc1ccc(C(OCC2(COP(OCCC#N)N(C(C)C)C(C)C)CCN(C(=O)CCCCCNC(=O)CCCCO[C@@H]3O[C@H](COC(C)=O)[C@H](OC(C)=O)[C@H](OC(C)=O)[C@H]3NC(C)=O)CC2)(c2ccc(OC)cc2)c2ccc(OC)cc2)cc1. The van der Waals surface area contributed by atoms with E-state index in [0.717, 1.165) is 30.0 Å². The van der Waals surface area contributed by atoms with E-state index in [4.69, 9.17) is 51.7 Å². The van der Waals surface area contributed by atoms with Crippen LogP contribution in [-0.2, 0) is 71.8 Å². The van der Waals surface area contributed by atoms with Crippen molar-refractivity contribution in [3.63, 3.8) is 0 Å². The molecule has 3 aromatic carbocycles. The van der Waals surface area contributed by atoms with Crippen LogP contribution in [0.15, 0.2) is 72.8 Å². The molecule has 0 radical (unpaired) electrons. The van der Waals surface area contributed by atoms with Crippen LogP contribution in [0.5, 0.6) is 17.2 Å². The third kappa shape index (κ3) is 20.9. The van der Waals surface area contributed by atoms with Crippen molar-refractivity contribution >= 4 is 44.2 Å². The van der Waals surface area contributed by atoms with Gasteiger partial charge in [0, 0.05) is 84.3 Å². The van der Waals surface area contributed by atoms with Gasteiger partial charge in [-0.2, -0.15) is 5.26 Å². The van der Waals surface area contributed by atoms with Crippen LogP contribution >= 0.6 is 8.53 Å². The van der Waals surface area contributed by atoms with Crippen LogP contribution < -0.4 is 24.8 Å². The number of hydrogen-bond acceptors (Lipinski definition) is 19. The molecule has 6 atom stereocenters. The van der Waals surface area contributed by atoms with Crippen molar-refractivity contribution in [2.75, 3.05) is 74.0 Å². The number of benzene rings is 3. The zero-order valence-electron chi connectivity index (χ0n) is 51.9. The van der Waals surface area contributed by atoms with E-state index in [1.165, 1.54) is 20.8 Å². The Morgan fingerprint density at radius 1 is 0.698 bits per heavy atom. The predicted molar refractivity (Wildman–Crippen MR) is 320 cm³/mol. The molecule has 2 saturated heterocycles. The number of ether oxygens (including phenoxy) is 9. The Morgan fingerprint density at radius 3 is 1.72 bits per heavy atom. The molecule has 0 spiro atoms. The van der Waals surface area contributed by atoms with Crippen molar-refractivity contribution in [1.82, 2.24) is 20.2 Å². The average molecular weight is 1220 g/mol. The van der Waals surface area contributed by atoms with Gasteiger partial charge in [-0.25, -0.2) is 4.67 Å². The van der Waals surface area contributed by atoms with E-state index < -0.39 is 74.0 Å². The summed E-state index contributed by atoms with van der Waals surface area (Å²) in [6.07, 6.45) is 0.0850. The maximum atomic E-state index is 14.0. The maximum absolute atomic E-state index is 14.0. The number of carbonyl (C=O) groups is 6. The fourth-order valence-electron chi connectivity index (χ4n) is 10.6. The molecule has 2 heterocycles. The molecule has 3 aromatic rings. The van der Waals surface area contributed by atoms with Gasteiger partial charge in [-0.15, -0.1) is 0 Å². The van der Waals surface area contributed by atoms with Gasteiger partial charge in [-0.05, 0) is 119 Å². The molecule has 22 nitrogen and oxygen atoms in total. The standard InChI is InChI=1S/C63H90N5O17P/c1-43(2)68(44(3)4)86(81-39-17-34-64)82-42-62(41-80-63(49-20-26-52(75-9)27-21-49,50-22-28-53(76-10)29-23-50)51-24-30-54(77-11)31-25-51)32-36-67(37-33-62)57(74)19-13-12-15-35-65-56(73)18-14-16-38-78-61-58(66-45(5)69)60(84-48(8)72)59(83-47(7)71)55(85-61)40-79-46(6)70/h20-31,43-44,55,58-61H,12-19,32-33,35-42H2,1-11H3,(H,65,73)(H,66,69)/t55-,58-,59+,60-,61-,86?/m1/s1. The first-order valence-electron chi connectivity index (χ1n) is 29.5. The number of rotatable bonds is 35. The van der Waals surface area contributed by atoms with Gasteiger partial charge in [0.05, 0.1) is 53.6 Å². The highest BCUT2D eigenvalue weighted by atomic mass is 31.2. The lowest BCUT2D eigenvalue weighted by molar-refractivity contribution is -0.277. The molecule has 0 aromatic heterocycles. The van der Waals surface area contributed by atoms with Crippen molar-refractivity contribution < 1.29 is 80.4 Å². The Bertz CT molecular complexity index is 2520. The van der Waals surface area contributed by atoms with E-state index in [9.17, 15) is 34.0 Å². The van der Waals surface area contributed by atoms with E-state index in [0.29, 0.717) is 81.8 Å². The molecular weight excluding hydrogens is 1130 g/mol. The molecular formula is C63H90N5O17P. The minimum absolute atomic E-state index is 0.0525. The summed E-state index contributed by atoms with van der Waals surface area (Å²) in [5.74, 6) is -0.546. The van der Waals surface area contributed by atoms with E-state index in [-0.39, 0.29) is 69.8 Å². The largest absolute Gasteiger partial charge is 0.497 e. The van der Waals surface area contributed by atoms with Crippen molar-refractivity contribution in [2.45, 2.75) is 168 Å². The molecule has 0 saturated carbocycles. The number of methoxy groups -OCH3 is 3. The summed E-state index contributed by atoms with van der Waals surface area (Å²) in [6, 6.07) is 24.9. The van der Waals surface area contributed by atoms with Crippen molar-refractivity contribution in [2.24, 2.45) is 5.41 Å². The number of nitrogens with zero attached hydrogens (tertiary/aromatic N) is 3. The molecule has 2 N–H and O–H groups in total. The molecule has 5 rings (SSSR count). The molecule has 86 heavy (non-hydrogen) atoms. The summed E-state index contributed by atoms with van der Waals surface area (Å²) in [4.78, 5) is 77.0. The molecule has 2 aliphatic rings. The summed E-state index contributed by atoms with van der Waals surface area (Å²) in [5, 5.41) is 15.1. The van der Waals surface area contributed by atoms with E-state index >= 15 is 0 Å². The fourth-order valence-corrected chi connectivity index (χ4v) is 12.4.